The predicted octanol–water partition coefficient (Wildman–Crippen LogP) is 4.50. The Morgan fingerprint density at radius 1 is 0.920 bits per heavy atom. The lowest BCUT2D eigenvalue weighted by Gasteiger charge is -2.08. The van der Waals surface area contributed by atoms with Crippen molar-refractivity contribution < 1.29 is 9.53 Å². The third-order valence-corrected chi connectivity index (χ3v) is 4.55. The summed E-state index contributed by atoms with van der Waals surface area (Å²) in [6.45, 7) is 0.894. The third-order valence-electron chi connectivity index (χ3n) is 4.55. The van der Waals surface area contributed by atoms with E-state index < -0.39 is 0 Å². The van der Waals surface area contributed by atoms with Crippen LogP contribution in [-0.4, -0.2) is 15.5 Å². The van der Waals surface area contributed by atoms with E-state index in [2.05, 4.69) is 9.55 Å². The molecule has 4 nitrogen and oxygen atoms in total. The number of aromatic nitrogens is 2. The van der Waals surface area contributed by atoms with Crippen LogP contribution in [0.15, 0.2) is 60.7 Å². The Kier molecular flexibility index (Phi) is 4.34. The molecule has 1 aliphatic heterocycles. The summed E-state index contributed by atoms with van der Waals surface area (Å²) in [7, 11) is 0. The highest BCUT2D eigenvalue weighted by Crippen LogP contribution is 2.27. The average molecular weight is 332 g/mol. The van der Waals surface area contributed by atoms with E-state index in [0.717, 1.165) is 42.9 Å². The molecule has 4 heteroatoms. The van der Waals surface area contributed by atoms with Crippen LogP contribution < -0.4 is 4.74 Å². The molecule has 0 atom stereocenters. The molecule has 0 unspecified atom stereocenters. The van der Waals surface area contributed by atoms with Gasteiger partial charge in [-0.2, -0.15) is 0 Å². The highest BCUT2D eigenvalue weighted by molar-refractivity contribution is 5.91. The van der Waals surface area contributed by atoms with Gasteiger partial charge in [-0.3, -0.25) is 0 Å². The molecule has 0 saturated heterocycles. The van der Waals surface area contributed by atoms with Crippen molar-refractivity contribution in [2.45, 2.75) is 32.2 Å². The largest absolute Gasteiger partial charge is 0.422 e. The van der Waals surface area contributed by atoms with E-state index >= 15 is 0 Å². The smallest absolute Gasteiger partial charge is 0.364 e. The number of nitrogens with zero attached hydrogens (tertiary/aromatic N) is 2. The number of imidazole rings is 1. The van der Waals surface area contributed by atoms with Crippen LogP contribution >= 0.6 is 0 Å². The molecule has 126 valence electrons. The summed E-state index contributed by atoms with van der Waals surface area (Å²) in [6.07, 6.45) is 4.21. The fourth-order valence-electron chi connectivity index (χ4n) is 3.33. The number of benzene rings is 2. The predicted molar refractivity (Wildman–Crippen MR) is 96.6 cm³/mol. The average Bonchev–Trinajstić information content (AvgIpc) is 2.85. The molecule has 1 aliphatic rings. The SMILES string of the molecule is O=C(Oc1ccccc1)c1nc(-c2ccccc2)n2c1CCCCC2. The van der Waals surface area contributed by atoms with Crippen LogP contribution in [0.2, 0.25) is 0 Å². The summed E-state index contributed by atoms with van der Waals surface area (Å²) in [4.78, 5) is 17.4. The minimum atomic E-state index is -0.376. The quantitative estimate of drug-likeness (QED) is 0.524. The molecule has 0 amide bonds. The van der Waals surface area contributed by atoms with Crippen molar-refractivity contribution in [1.82, 2.24) is 9.55 Å². The normalized spacial score (nSPS) is 13.8. The Morgan fingerprint density at radius 3 is 2.40 bits per heavy atom. The molecule has 0 radical (unpaired) electrons. The molecule has 25 heavy (non-hydrogen) atoms. The zero-order valence-corrected chi connectivity index (χ0v) is 14.0. The van der Waals surface area contributed by atoms with Crippen LogP contribution in [0.25, 0.3) is 11.4 Å². The molecule has 0 N–H and O–H groups in total. The fraction of sp³-hybridized carbons (Fsp3) is 0.238. The molecule has 4 rings (SSSR count). The number of hydrogen-bond acceptors (Lipinski definition) is 3. The number of rotatable bonds is 3. The van der Waals surface area contributed by atoms with Crippen LogP contribution in [-0.2, 0) is 13.0 Å². The van der Waals surface area contributed by atoms with Crippen LogP contribution in [0.4, 0.5) is 0 Å². The van der Waals surface area contributed by atoms with Gasteiger partial charge in [0.15, 0.2) is 5.69 Å². The third kappa shape index (κ3) is 3.20. The summed E-state index contributed by atoms with van der Waals surface area (Å²) in [5.41, 5.74) is 2.48. The number of esters is 1. The fourth-order valence-corrected chi connectivity index (χ4v) is 3.33. The van der Waals surface area contributed by atoms with Gasteiger partial charge in [-0.15, -0.1) is 0 Å². The van der Waals surface area contributed by atoms with Gasteiger partial charge in [0.1, 0.15) is 11.6 Å². The standard InChI is InChI=1S/C21H20N2O2/c24-21(25-17-12-6-2-7-13-17)19-18-14-8-3-9-15-23(18)20(22-19)16-10-4-1-5-11-16/h1-2,4-7,10-13H,3,8-9,14-15H2. The molecule has 0 fully saturated rings. The Labute approximate surface area is 147 Å². The van der Waals surface area contributed by atoms with Crippen LogP contribution in [0, 0.1) is 0 Å². The zero-order chi connectivity index (χ0) is 17.1. The van der Waals surface area contributed by atoms with Gasteiger partial charge >= 0.3 is 5.97 Å². The molecule has 0 saturated carbocycles. The summed E-state index contributed by atoms with van der Waals surface area (Å²) in [5.74, 6) is 1.03. The maximum atomic E-state index is 12.7. The number of ether oxygens (including phenoxy) is 1. The van der Waals surface area contributed by atoms with Gasteiger partial charge in [0, 0.05) is 12.1 Å². The first-order valence-corrected chi connectivity index (χ1v) is 8.75. The second kappa shape index (κ2) is 6.93. The Morgan fingerprint density at radius 2 is 1.64 bits per heavy atom. The maximum absolute atomic E-state index is 12.7. The number of para-hydroxylation sites is 1. The van der Waals surface area contributed by atoms with Crippen molar-refractivity contribution >= 4 is 5.97 Å². The zero-order valence-electron chi connectivity index (χ0n) is 14.0. The van der Waals surface area contributed by atoms with Crippen molar-refractivity contribution in [1.29, 1.82) is 0 Å². The number of carbonyl (C=O) groups excluding carboxylic acids is 1. The van der Waals surface area contributed by atoms with E-state index in [0.29, 0.717) is 11.4 Å². The highest BCUT2D eigenvalue weighted by atomic mass is 16.5. The van der Waals surface area contributed by atoms with Gasteiger partial charge in [-0.05, 0) is 31.4 Å². The van der Waals surface area contributed by atoms with Crippen LogP contribution in [0.3, 0.4) is 0 Å². The first-order chi connectivity index (χ1) is 12.3. The number of carbonyl (C=O) groups is 1. The second-order valence-corrected chi connectivity index (χ2v) is 6.26. The van der Waals surface area contributed by atoms with E-state index in [-0.39, 0.29) is 5.97 Å². The van der Waals surface area contributed by atoms with Gasteiger partial charge < -0.3 is 9.30 Å². The van der Waals surface area contributed by atoms with Gasteiger partial charge in [0.05, 0.1) is 5.69 Å². The molecule has 3 aromatic rings. The lowest BCUT2D eigenvalue weighted by atomic mass is 10.1. The van der Waals surface area contributed by atoms with Crippen molar-refractivity contribution in [3.05, 3.63) is 72.1 Å². The highest BCUT2D eigenvalue weighted by Gasteiger charge is 2.25. The van der Waals surface area contributed by atoms with E-state index in [1.54, 1.807) is 12.1 Å². The minimum absolute atomic E-state index is 0.376. The van der Waals surface area contributed by atoms with Crippen LogP contribution in [0.5, 0.6) is 5.75 Å². The Bertz CT molecular complexity index is 870. The van der Waals surface area contributed by atoms with Gasteiger partial charge in [0.25, 0.3) is 0 Å². The van der Waals surface area contributed by atoms with Crippen molar-refractivity contribution in [2.24, 2.45) is 0 Å². The first kappa shape index (κ1) is 15.6. The number of hydrogen-bond donors (Lipinski definition) is 0. The molecule has 2 heterocycles. The van der Waals surface area contributed by atoms with E-state index in [1.165, 1.54) is 6.42 Å². The Hall–Kier alpha value is -2.88. The lowest BCUT2D eigenvalue weighted by Crippen LogP contribution is -2.12. The molecule has 1 aromatic heterocycles. The monoisotopic (exact) mass is 332 g/mol. The van der Waals surface area contributed by atoms with Crippen molar-refractivity contribution in [2.75, 3.05) is 0 Å². The van der Waals surface area contributed by atoms with Gasteiger partial charge in [-0.25, -0.2) is 9.78 Å². The Balaban J connectivity index is 1.75. The minimum Gasteiger partial charge on any atom is -0.422 e. The molecule has 0 bridgehead atoms. The van der Waals surface area contributed by atoms with Gasteiger partial charge in [-0.1, -0.05) is 55.0 Å². The summed E-state index contributed by atoms with van der Waals surface area (Å²) >= 11 is 0. The van der Waals surface area contributed by atoms with E-state index in [1.807, 2.05) is 48.5 Å². The maximum Gasteiger partial charge on any atom is 0.364 e. The molecular formula is C21H20N2O2. The summed E-state index contributed by atoms with van der Waals surface area (Å²) in [6, 6.07) is 19.2. The topological polar surface area (TPSA) is 44.1 Å². The summed E-state index contributed by atoms with van der Waals surface area (Å²) < 4.78 is 7.74. The van der Waals surface area contributed by atoms with Crippen LogP contribution in [0.1, 0.15) is 35.4 Å². The first-order valence-electron chi connectivity index (χ1n) is 8.75. The molecule has 0 aliphatic carbocycles. The van der Waals surface area contributed by atoms with E-state index in [9.17, 15) is 4.79 Å². The number of fused-ring (bicyclic) bond motifs is 1. The molecule has 0 spiro atoms. The van der Waals surface area contributed by atoms with Crippen molar-refractivity contribution in [3.8, 4) is 17.1 Å². The second-order valence-electron chi connectivity index (χ2n) is 6.26. The van der Waals surface area contributed by atoms with E-state index in [4.69, 9.17) is 4.74 Å². The lowest BCUT2D eigenvalue weighted by molar-refractivity contribution is 0.0728. The molecular weight excluding hydrogens is 312 g/mol. The van der Waals surface area contributed by atoms with Crippen molar-refractivity contribution in [3.63, 3.8) is 0 Å². The summed E-state index contributed by atoms with van der Waals surface area (Å²) in [5, 5.41) is 0. The van der Waals surface area contributed by atoms with Gasteiger partial charge in [0.2, 0.25) is 0 Å². The molecule has 2 aromatic carbocycles.